The third-order valence-electron chi connectivity index (χ3n) is 7.15. The van der Waals surface area contributed by atoms with E-state index in [1.54, 1.807) is 31.5 Å². The van der Waals surface area contributed by atoms with Crippen molar-refractivity contribution in [2.75, 3.05) is 49.3 Å². The molecule has 216 valence electrons. The molecule has 0 bridgehead atoms. The average Bonchev–Trinajstić information content (AvgIpc) is 3.43. The van der Waals surface area contributed by atoms with Crippen LogP contribution >= 0.6 is 0 Å². The van der Waals surface area contributed by atoms with Crippen LogP contribution in [0.25, 0.3) is 11.0 Å². The summed E-state index contributed by atoms with van der Waals surface area (Å²) < 4.78 is 10.6. The maximum absolute atomic E-state index is 13.0. The van der Waals surface area contributed by atoms with E-state index in [0.29, 0.717) is 39.9 Å². The monoisotopic (exact) mass is 559 g/mol. The number of benzene rings is 1. The lowest BCUT2D eigenvalue weighted by Gasteiger charge is -2.32. The van der Waals surface area contributed by atoms with E-state index >= 15 is 0 Å². The minimum atomic E-state index is -0.295. The second kappa shape index (κ2) is 12.1. The van der Waals surface area contributed by atoms with Gasteiger partial charge in [0.25, 0.3) is 5.91 Å². The fourth-order valence-electron chi connectivity index (χ4n) is 4.62. The number of nitrogens with zero attached hydrogens (tertiary/aromatic N) is 6. The highest BCUT2D eigenvalue weighted by atomic mass is 16.5. The molecule has 3 aromatic heterocycles. The molecule has 1 amide bonds. The van der Waals surface area contributed by atoms with Gasteiger partial charge in [0.1, 0.15) is 23.1 Å². The number of aryl methyl sites for hydroxylation is 1. The molecule has 1 aliphatic heterocycles. The van der Waals surface area contributed by atoms with Crippen LogP contribution in [0.3, 0.4) is 0 Å². The normalized spacial score (nSPS) is 14.8. The Morgan fingerprint density at radius 3 is 2.68 bits per heavy atom. The van der Waals surface area contributed by atoms with E-state index in [0.717, 1.165) is 50.3 Å². The second-order valence-corrected chi connectivity index (χ2v) is 11.3. The summed E-state index contributed by atoms with van der Waals surface area (Å²) in [5.41, 5.74) is 3.13. The number of methoxy groups -OCH3 is 1. The van der Waals surface area contributed by atoms with Gasteiger partial charge >= 0.3 is 0 Å². The number of rotatable bonds is 9. The summed E-state index contributed by atoms with van der Waals surface area (Å²) in [6.45, 7) is 11.7. The predicted molar refractivity (Wildman–Crippen MR) is 158 cm³/mol. The number of aromatic nitrogens is 5. The highest BCUT2D eigenvalue weighted by Crippen LogP contribution is 2.27. The number of ether oxygens (including phenoxy) is 1. The quantitative estimate of drug-likeness (QED) is 0.266. The number of hydrogen-bond donors (Lipinski definition) is 3. The average molecular weight is 560 g/mol. The Labute approximate surface area is 239 Å². The molecule has 4 aromatic rings. The van der Waals surface area contributed by atoms with E-state index in [-0.39, 0.29) is 17.4 Å². The van der Waals surface area contributed by atoms with Crippen molar-refractivity contribution in [3.05, 3.63) is 53.7 Å². The number of piperidine rings is 1. The largest absolute Gasteiger partial charge is 0.383 e. The third kappa shape index (κ3) is 6.95. The SMILES string of the molecule is COCCN1CCC(Nc2ncc3ncnc(Nc4cc(C(=O)Nc5cc(C(C)(C)C)on5)ccc4C)c3n2)CC1. The summed E-state index contributed by atoms with van der Waals surface area (Å²) in [5, 5.41) is 13.6. The molecule has 41 heavy (non-hydrogen) atoms. The summed E-state index contributed by atoms with van der Waals surface area (Å²) in [6.07, 6.45) is 5.18. The van der Waals surface area contributed by atoms with Crippen molar-refractivity contribution in [3.8, 4) is 0 Å². The first-order valence-electron chi connectivity index (χ1n) is 13.8. The summed E-state index contributed by atoms with van der Waals surface area (Å²) in [5.74, 6) is 1.84. The van der Waals surface area contributed by atoms with Crippen LogP contribution in [0.5, 0.6) is 0 Å². The van der Waals surface area contributed by atoms with E-state index in [2.05, 4.69) is 41.0 Å². The van der Waals surface area contributed by atoms with E-state index in [9.17, 15) is 4.79 Å². The van der Waals surface area contributed by atoms with Gasteiger partial charge < -0.3 is 30.1 Å². The van der Waals surface area contributed by atoms with Crippen molar-refractivity contribution in [1.29, 1.82) is 0 Å². The molecule has 5 rings (SSSR count). The Kier molecular flexibility index (Phi) is 8.41. The Morgan fingerprint density at radius 1 is 1.15 bits per heavy atom. The molecule has 0 unspecified atom stereocenters. The Morgan fingerprint density at radius 2 is 1.95 bits per heavy atom. The minimum absolute atomic E-state index is 0.210. The van der Waals surface area contributed by atoms with Crippen LogP contribution in [-0.2, 0) is 10.2 Å². The van der Waals surface area contributed by atoms with Crippen molar-refractivity contribution < 1.29 is 14.1 Å². The van der Waals surface area contributed by atoms with Crippen LogP contribution in [0, 0.1) is 6.92 Å². The summed E-state index contributed by atoms with van der Waals surface area (Å²) >= 11 is 0. The first-order valence-corrected chi connectivity index (χ1v) is 13.8. The highest BCUT2D eigenvalue weighted by Gasteiger charge is 2.22. The predicted octanol–water partition coefficient (Wildman–Crippen LogP) is 4.53. The first-order chi connectivity index (χ1) is 19.7. The smallest absolute Gasteiger partial charge is 0.256 e. The van der Waals surface area contributed by atoms with E-state index in [4.69, 9.17) is 14.2 Å². The molecule has 0 atom stereocenters. The Balaban J connectivity index is 1.30. The fourth-order valence-corrected chi connectivity index (χ4v) is 4.62. The second-order valence-electron chi connectivity index (χ2n) is 11.3. The number of nitrogens with one attached hydrogen (secondary N) is 3. The molecule has 4 heterocycles. The zero-order chi connectivity index (χ0) is 29.0. The standard InChI is InChI=1S/C29H37N9O3/c1-18-6-7-19(27(39)35-24-15-23(41-37-24)29(2,3)4)14-21(18)34-26-25-22(31-17-32-26)16-30-28(36-25)33-20-8-10-38(11-9-20)12-13-40-5/h6-7,14-17,20H,8-13H2,1-5H3,(H,30,33,36)(H,31,32,34)(H,35,37,39). The molecule has 0 saturated carbocycles. The summed E-state index contributed by atoms with van der Waals surface area (Å²) in [6, 6.07) is 7.46. The van der Waals surface area contributed by atoms with Crippen LogP contribution in [-0.4, -0.2) is 75.3 Å². The number of amides is 1. The van der Waals surface area contributed by atoms with Crippen LogP contribution in [0.15, 0.2) is 41.3 Å². The van der Waals surface area contributed by atoms with Gasteiger partial charge in [-0.3, -0.25) is 4.79 Å². The maximum atomic E-state index is 13.0. The number of anilines is 4. The van der Waals surface area contributed by atoms with Gasteiger partial charge in [-0.1, -0.05) is 32.0 Å². The fraction of sp³-hybridized carbons (Fsp3) is 0.448. The first kappa shape index (κ1) is 28.4. The molecule has 0 radical (unpaired) electrons. The summed E-state index contributed by atoms with van der Waals surface area (Å²) in [7, 11) is 1.73. The van der Waals surface area contributed by atoms with Crippen LogP contribution in [0.1, 0.15) is 55.3 Å². The molecular weight excluding hydrogens is 522 g/mol. The highest BCUT2D eigenvalue weighted by molar-refractivity contribution is 6.04. The Hall–Kier alpha value is -4.16. The van der Waals surface area contributed by atoms with Gasteiger partial charge in [0, 0.05) is 55.5 Å². The van der Waals surface area contributed by atoms with Gasteiger partial charge in [0.15, 0.2) is 11.6 Å². The van der Waals surface area contributed by atoms with Gasteiger partial charge in [0.2, 0.25) is 5.95 Å². The molecule has 0 aliphatic carbocycles. The van der Waals surface area contributed by atoms with Gasteiger partial charge in [0.05, 0.1) is 12.8 Å². The number of fused-ring (bicyclic) bond motifs is 1. The van der Waals surface area contributed by atoms with E-state index < -0.39 is 0 Å². The number of hydrogen-bond acceptors (Lipinski definition) is 11. The topological polar surface area (TPSA) is 143 Å². The van der Waals surface area contributed by atoms with Crippen molar-refractivity contribution in [1.82, 2.24) is 30.0 Å². The van der Waals surface area contributed by atoms with Crippen molar-refractivity contribution >= 4 is 40.2 Å². The molecule has 1 saturated heterocycles. The molecule has 0 spiro atoms. The number of carbonyl (C=O) groups excluding carboxylic acids is 1. The molecule has 1 aliphatic rings. The molecular formula is C29H37N9O3. The minimum Gasteiger partial charge on any atom is -0.383 e. The zero-order valence-electron chi connectivity index (χ0n) is 24.2. The lowest BCUT2D eigenvalue weighted by Crippen LogP contribution is -2.40. The van der Waals surface area contributed by atoms with Gasteiger partial charge in [-0.15, -0.1) is 0 Å². The van der Waals surface area contributed by atoms with Crippen LogP contribution < -0.4 is 16.0 Å². The molecule has 12 nitrogen and oxygen atoms in total. The number of likely N-dealkylation sites (tertiary alicyclic amines) is 1. The zero-order valence-corrected chi connectivity index (χ0v) is 24.2. The molecule has 3 N–H and O–H groups in total. The lowest BCUT2D eigenvalue weighted by molar-refractivity contribution is 0.102. The van der Waals surface area contributed by atoms with Gasteiger partial charge in [-0.25, -0.2) is 19.9 Å². The Bertz CT molecular complexity index is 1510. The van der Waals surface area contributed by atoms with Gasteiger partial charge in [-0.2, -0.15) is 0 Å². The lowest BCUT2D eigenvalue weighted by atomic mass is 9.93. The third-order valence-corrected chi connectivity index (χ3v) is 7.15. The van der Waals surface area contributed by atoms with Gasteiger partial charge in [-0.05, 0) is 37.5 Å². The van der Waals surface area contributed by atoms with E-state index in [1.807, 2.05) is 33.8 Å². The molecule has 1 fully saturated rings. The molecule has 1 aromatic carbocycles. The molecule has 12 heteroatoms. The maximum Gasteiger partial charge on any atom is 0.256 e. The van der Waals surface area contributed by atoms with Crippen LogP contribution in [0.4, 0.5) is 23.3 Å². The number of carbonyl (C=O) groups is 1. The van der Waals surface area contributed by atoms with E-state index in [1.165, 1.54) is 6.33 Å². The van der Waals surface area contributed by atoms with Crippen LogP contribution in [0.2, 0.25) is 0 Å². The van der Waals surface area contributed by atoms with Crippen molar-refractivity contribution in [3.63, 3.8) is 0 Å². The van der Waals surface area contributed by atoms with Crippen molar-refractivity contribution in [2.24, 2.45) is 0 Å². The van der Waals surface area contributed by atoms with Crippen molar-refractivity contribution in [2.45, 2.75) is 52.0 Å². The summed E-state index contributed by atoms with van der Waals surface area (Å²) in [4.78, 5) is 33.5.